The van der Waals surface area contributed by atoms with Crippen molar-refractivity contribution in [3.05, 3.63) is 59.2 Å². The quantitative estimate of drug-likeness (QED) is 0.814. The molecule has 1 aliphatic heterocycles. The Labute approximate surface area is 160 Å². The van der Waals surface area contributed by atoms with Crippen LogP contribution in [0.25, 0.3) is 11.1 Å². The van der Waals surface area contributed by atoms with Crippen molar-refractivity contribution in [1.29, 1.82) is 0 Å². The fourth-order valence-electron chi connectivity index (χ4n) is 4.98. The molecule has 28 heavy (non-hydrogen) atoms. The molecule has 0 aromatic heterocycles. The number of fused-ring (bicyclic) bond motifs is 2. The topological polar surface area (TPSA) is 49.3 Å². The number of hydrogen-bond acceptors (Lipinski definition) is 2. The van der Waals surface area contributed by atoms with Gasteiger partial charge in [0.15, 0.2) is 5.60 Å². The standard InChI is InChI=1S/C22H20F3NO2/c23-22(24,25)21(28)11-20(10-19(27)26-12-20)17-8-7-14(9-18(17)21)16-4-2-1-3-15(16)13-5-6-13/h1-4,7-9,13,28H,5-6,10-12H2,(H,26,27). The predicted molar refractivity (Wildman–Crippen MR) is 97.7 cm³/mol. The molecule has 0 radical (unpaired) electrons. The van der Waals surface area contributed by atoms with E-state index in [0.717, 1.165) is 24.0 Å². The first kappa shape index (κ1) is 17.7. The summed E-state index contributed by atoms with van der Waals surface area (Å²) in [6, 6.07) is 12.8. The number of benzene rings is 2. The van der Waals surface area contributed by atoms with Crippen molar-refractivity contribution in [2.45, 2.75) is 48.8 Å². The van der Waals surface area contributed by atoms with Gasteiger partial charge in [0.05, 0.1) is 0 Å². The van der Waals surface area contributed by atoms with E-state index in [-0.39, 0.29) is 24.4 Å². The van der Waals surface area contributed by atoms with E-state index in [1.807, 2.05) is 30.3 Å². The molecule has 1 saturated heterocycles. The smallest absolute Gasteiger partial charge is 0.376 e. The van der Waals surface area contributed by atoms with E-state index >= 15 is 0 Å². The number of carbonyl (C=O) groups excluding carboxylic acids is 1. The third-order valence-electron chi connectivity index (χ3n) is 6.51. The van der Waals surface area contributed by atoms with Crippen LogP contribution in [-0.2, 0) is 15.8 Å². The van der Waals surface area contributed by atoms with Gasteiger partial charge in [-0.1, -0.05) is 36.4 Å². The number of rotatable bonds is 2. The van der Waals surface area contributed by atoms with Crippen LogP contribution in [0, 0.1) is 0 Å². The predicted octanol–water partition coefficient (Wildman–Crippen LogP) is 4.14. The monoisotopic (exact) mass is 387 g/mol. The zero-order valence-corrected chi connectivity index (χ0v) is 15.1. The minimum atomic E-state index is -4.81. The Balaban J connectivity index is 1.69. The highest BCUT2D eigenvalue weighted by atomic mass is 19.4. The number of aliphatic hydroxyl groups is 1. The fraction of sp³-hybridized carbons (Fsp3) is 0.409. The van der Waals surface area contributed by atoms with Crippen LogP contribution in [-0.4, -0.2) is 23.7 Å². The lowest BCUT2D eigenvalue weighted by molar-refractivity contribution is -0.268. The molecule has 2 unspecified atom stereocenters. The Hall–Kier alpha value is -2.34. The van der Waals surface area contributed by atoms with Gasteiger partial charge < -0.3 is 10.4 Å². The van der Waals surface area contributed by atoms with Crippen LogP contribution < -0.4 is 5.32 Å². The van der Waals surface area contributed by atoms with Crippen LogP contribution >= 0.6 is 0 Å². The Morgan fingerprint density at radius 3 is 2.46 bits per heavy atom. The molecule has 1 saturated carbocycles. The van der Waals surface area contributed by atoms with E-state index in [9.17, 15) is 23.1 Å². The largest absolute Gasteiger partial charge is 0.421 e. The lowest BCUT2D eigenvalue weighted by atomic mass is 9.79. The van der Waals surface area contributed by atoms with E-state index in [1.54, 1.807) is 6.07 Å². The summed E-state index contributed by atoms with van der Waals surface area (Å²) in [5.74, 6) is 0.175. The van der Waals surface area contributed by atoms with Gasteiger partial charge in [-0.2, -0.15) is 13.2 Å². The summed E-state index contributed by atoms with van der Waals surface area (Å²) in [6.45, 7) is 0.120. The van der Waals surface area contributed by atoms with E-state index in [4.69, 9.17) is 0 Å². The maximum Gasteiger partial charge on any atom is 0.421 e. The van der Waals surface area contributed by atoms with Crippen LogP contribution in [0.5, 0.6) is 0 Å². The molecule has 2 aliphatic carbocycles. The summed E-state index contributed by atoms with van der Waals surface area (Å²) in [7, 11) is 0. The second kappa shape index (κ2) is 5.60. The van der Waals surface area contributed by atoms with E-state index in [2.05, 4.69) is 5.32 Å². The van der Waals surface area contributed by atoms with Gasteiger partial charge >= 0.3 is 6.18 Å². The third kappa shape index (κ3) is 2.43. The summed E-state index contributed by atoms with van der Waals surface area (Å²) in [4.78, 5) is 11.8. The van der Waals surface area contributed by atoms with Crippen molar-refractivity contribution in [3.8, 4) is 11.1 Å². The van der Waals surface area contributed by atoms with Gasteiger partial charge in [0.25, 0.3) is 0 Å². The highest BCUT2D eigenvalue weighted by Gasteiger charge is 2.65. The fourth-order valence-corrected chi connectivity index (χ4v) is 4.98. The molecular weight excluding hydrogens is 367 g/mol. The number of amides is 1. The van der Waals surface area contributed by atoms with Crippen molar-refractivity contribution in [1.82, 2.24) is 5.32 Å². The summed E-state index contributed by atoms with van der Waals surface area (Å²) >= 11 is 0. The van der Waals surface area contributed by atoms with Gasteiger partial charge in [0.1, 0.15) is 0 Å². The molecule has 146 valence electrons. The van der Waals surface area contributed by atoms with Gasteiger partial charge in [-0.15, -0.1) is 0 Å². The SMILES string of the molecule is O=C1CC2(CN1)CC(O)(C(F)(F)F)c1cc(-c3ccccc3C3CC3)ccc12. The molecule has 3 aliphatic rings. The van der Waals surface area contributed by atoms with Crippen molar-refractivity contribution in [3.63, 3.8) is 0 Å². The Morgan fingerprint density at radius 1 is 1.07 bits per heavy atom. The third-order valence-corrected chi connectivity index (χ3v) is 6.51. The second-order valence-corrected chi connectivity index (χ2v) is 8.39. The maximum atomic E-state index is 14.0. The Morgan fingerprint density at radius 2 is 1.82 bits per heavy atom. The molecule has 2 aromatic rings. The molecule has 0 bridgehead atoms. The highest BCUT2D eigenvalue weighted by Crippen LogP contribution is 2.58. The molecule has 1 amide bonds. The second-order valence-electron chi connectivity index (χ2n) is 8.39. The van der Waals surface area contributed by atoms with E-state index in [1.165, 1.54) is 6.07 Å². The van der Waals surface area contributed by atoms with E-state index in [0.29, 0.717) is 17.0 Å². The molecule has 5 rings (SSSR count). The lowest BCUT2D eigenvalue weighted by Crippen LogP contribution is -2.42. The molecule has 2 aromatic carbocycles. The molecular formula is C22H20F3NO2. The van der Waals surface area contributed by atoms with Crippen molar-refractivity contribution < 1.29 is 23.1 Å². The maximum absolute atomic E-state index is 14.0. The minimum absolute atomic E-state index is 0.0314. The van der Waals surface area contributed by atoms with Gasteiger partial charge in [-0.05, 0) is 52.6 Å². The molecule has 1 spiro atoms. The average Bonchev–Trinajstić information content (AvgIpc) is 3.39. The van der Waals surface area contributed by atoms with Gasteiger partial charge in [-0.3, -0.25) is 4.79 Å². The number of alkyl halides is 3. The first-order valence-electron chi connectivity index (χ1n) is 9.54. The van der Waals surface area contributed by atoms with Crippen molar-refractivity contribution in [2.75, 3.05) is 6.54 Å². The summed E-state index contributed by atoms with van der Waals surface area (Å²) in [5.41, 5.74) is -0.900. The van der Waals surface area contributed by atoms with Crippen molar-refractivity contribution in [2.24, 2.45) is 0 Å². The molecule has 6 heteroatoms. The molecule has 3 nitrogen and oxygen atoms in total. The van der Waals surface area contributed by atoms with Crippen LogP contribution in [0.15, 0.2) is 42.5 Å². The first-order chi connectivity index (χ1) is 13.2. The number of halogens is 3. The Kier molecular flexibility index (Phi) is 3.55. The summed E-state index contributed by atoms with van der Waals surface area (Å²) in [6.07, 6.45) is -3.19. The zero-order chi connectivity index (χ0) is 19.7. The first-order valence-corrected chi connectivity index (χ1v) is 9.54. The number of hydrogen-bond donors (Lipinski definition) is 2. The lowest BCUT2D eigenvalue weighted by Gasteiger charge is -2.29. The van der Waals surface area contributed by atoms with E-state index < -0.39 is 23.6 Å². The molecule has 1 heterocycles. The van der Waals surface area contributed by atoms with Crippen LogP contribution in [0.1, 0.15) is 48.3 Å². The summed E-state index contributed by atoms with van der Waals surface area (Å²) < 4.78 is 41.9. The Bertz CT molecular complexity index is 982. The van der Waals surface area contributed by atoms with Crippen LogP contribution in [0.3, 0.4) is 0 Å². The molecule has 2 atom stereocenters. The number of nitrogens with one attached hydrogen (secondary N) is 1. The van der Waals surface area contributed by atoms with Gasteiger partial charge in [0.2, 0.25) is 5.91 Å². The average molecular weight is 387 g/mol. The minimum Gasteiger partial charge on any atom is -0.376 e. The zero-order valence-electron chi connectivity index (χ0n) is 15.1. The van der Waals surface area contributed by atoms with Gasteiger partial charge in [0, 0.05) is 24.8 Å². The van der Waals surface area contributed by atoms with Crippen LogP contribution in [0.4, 0.5) is 13.2 Å². The van der Waals surface area contributed by atoms with Crippen LogP contribution in [0.2, 0.25) is 0 Å². The molecule has 2 N–H and O–H groups in total. The summed E-state index contributed by atoms with van der Waals surface area (Å²) in [5, 5.41) is 13.4. The highest BCUT2D eigenvalue weighted by molar-refractivity contribution is 5.82. The number of carbonyl (C=O) groups is 1. The molecule has 2 fully saturated rings. The van der Waals surface area contributed by atoms with Gasteiger partial charge in [-0.25, -0.2) is 0 Å². The van der Waals surface area contributed by atoms with Crippen molar-refractivity contribution >= 4 is 5.91 Å². The normalized spacial score (nSPS) is 29.2.